The summed E-state index contributed by atoms with van der Waals surface area (Å²) in [6.45, 7) is 0.973. The van der Waals surface area contributed by atoms with Crippen molar-refractivity contribution in [1.82, 2.24) is 0 Å². The molecule has 2 heteroatoms. The molecule has 2 N–H and O–H groups in total. The molecular formula is C22H21N2+. The van der Waals surface area contributed by atoms with Crippen molar-refractivity contribution in [2.24, 2.45) is 0 Å². The van der Waals surface area contributed by atoms with E-state index in [-0.39, 0.29) is 0 Å². The van der Waals surface area contributed by atoms with E-state index in [2.05, 4.69) is 83.1 Å². The number of rotatable bonds is 5. The first kappa shape index (κ1) is 14.7. The molecule has 0 atom stereocenters. The lowest BCUT2D eigenvalue weighted by atomic mass is 10.1. The van der Waals surface area contributed by atoms with E-state index in [0.717, 1.165) is 19.4 Å². The lowest BCUT2D eigenvalue weighted by Crippen LogP contribution is -2.08. The van der Waals surface area contributed by atoms with Crippen LogP contribution in [-0.4, -0.2) is 6.54 Å². The molecule has 1 heterocycles. The Balaban J connectivity index is 1.52. The van der Waals surface area contributed by atoms with Crippen LogP contribution in [0.3, 0.4) is 0 Å². The number of pyridine rings is 1. The maximum atomic E-state index is 3.60. The van der Waals surface area contributed by atoms with Crippen LogP contribution < -0.4 is 10.3 Å². The quantitative estimate of drug-likeness (QED) is 0.413. The van der Waals surface area contributed by atoms with Crippen molar-refractivity contribution in [3.8, 4) is 0 Å². The van der Waals surface area contributed by atoms with Gasteiger partial charge in [-0.05, 0) is 35.2 Å². The van der Waals surface area contributed by atoms with Crippen molar-refractivity contribution in [1.29, 1.82) is 0 Å². The second-order valence-electron chi connectivity index (χ2n) is 6.15. The smallest absolute Gasteiger partial charge is 0.213 e. The van der Waals surface area contributed by atoms with Crippen LogP contribution in [0.2, 0.25) is 0 Å². The number of hydrogen-bond donors (Lipinski definition) is 1. The van der Waals surface area contributed by atoms with E-state index in [9.17, 15) is 0 Å². The van der Waals surface area contributed by atoms with Crippen LogP contribution in [0.25, 0.3) is 21.7 Å². The van der Waals surface area contributed by atoms with Crippen LogP contribution in [0.4, 0.5) is 5.69 Å². The molecule has 2 nitrogen and oxygen atoms in total. The maximum absolute atomic E-state index is 3.60. The Morgan fingerprint density at radius 3 is 2.38 bits per heavy atom. The first-order valence-corrected chi connectivity index (χ1v) is 8.51. The van der Waals surface area contributed by atoms with E-state index in [1.54, 1.807) is 0 Å². The molecule has 0 aliphatic rings. The number of aryl methyl sites for hydroxylation is 1. The van der Waals surface area contributed by atoms with Crippen molar-refractivity contribution < 1.29 is 4.98 Å². The molecule has 3 aromatic carbocycles. The highest BCUT2D eigenvalue weighted by atomic mass is 14.9. The predicted molar refractivity (Wildman–Crippen MR) is 101 cm³/mol. The topological polar surface area (TPSA) is 26.2 Å². The average molecular weight is 313 g/mol. The van der Waals surface area contributed by atoms with Gasteiger partial charge in [0.2, 0.25) is 5.52 Å². The summed E-state index contributed by atoms with van der Waals surface area (Å²) in [5, 5.41) is 7.39. The molecule has 0 aliphatic heterocycles. The Bertz CT molecular complexity index is 961. The van der Waals surface area contributed by atoms with Gasteiger partial charge in [-0.3, -0.25) is 0 Å². The molecule has 1 aromatic heterocycles. The molecule has 4 rings (SSSR count). The third-order valence-electron chi connectivity index (χ3n) is 4.47. The SMILES string of the molecule is c1ccc(CCCNc2cc[nH+]c3cc4ccccc4cc23)cc1. The van der Waals surface area contributed by atoms with Gasteiger partial charge in [-0.2, -0.15) is 0 Å². The summed E-state index contributed by atoms with van der Waals surface area (Å²) in [4.78, 5) is 3.36. The second-order valence-corrected chi connectivity index (χ2v) is 6.15. The summed E-state index contributed by atoms with van der Waals surface area (Å²) in [5.74, 6) is 0. The number of fused-ring (bicyclic) bond motifs is 2. The average Bonchev–Trinajstić information content (AvgIpc) is 2.64. The number of aromatic nitrogens is 1. The third kappa shape index (κ3) is 3.09. The lowest BCUT2D eigenvalue weighted by molar-refractivity contribution is -0.344. The molecule has 0 fully saturated rings. The monoisotopic (exact) mass is 313 g/mol. The molecule has 0 amide bonds. The number of H-pyrrole nitrogens is 1. The van der Waals surface area contributed by atoms with Gasteiger partial charge in [0, 0.05) is 18.7 Å². The Morgan fingerprint density at radius 1 is 0.792 bits per heavy atom. The number of nitrogens with one attached hydrogen (secondary N) is 2. The van der Waals surface area contributed by atoms with Crippen molar-refractivity contribution >= 4 is 27.4 Å². The Labute approximate surface area is 142 Å². The highest BCUT2D eigenvalue weighted by molar-refractivity contribution is 6.00. The van der Waals surface area contributed by atoms with Crippen molar-refractivity contribution in [3.05, 3.63) is 84.6 Å². The van der Waals surface area contributed by atoms with Crippen LogP contribution >= 0.6 is 0 Å². The summed E-state index contributed by atoms with van der Waals surface area (Å²) in [6, 6.07) is 25.8. The van der Waals surface area contributed by atoms with Gasteiger partial charge >= 0.3 is 0 Å². The third-order valence-corrected chi connectivity index (χ3v) is 4.47. The zero-order chi connectivity index (χ0) is 16.2. The van der Waals surface area contributed by atoms with Gasteiger partial charge in [-0.15, -0.1) is 0 Å². The fraction of sp³-hybridized carbons (Fsp3) is 0.136. The summed E-state index contributed by atoms with van der Waals surface area (Å²) >= 11 is 0. The van der Waals surface area contributed by atoms with Crippen LogP contribution in [0.15, 0.2) is 79.0 Å². The summed E-state index contributed by atoms with van der Waals surface area (Å²) < 4.78 is 0. The number of benzene rings is 3. The van der Waals surface area contributed by atoms with Crippen molar-refractivity contribution in [3.63, 3.8) is 0 Å². The van der Waals surface area contributed by atoms with Crippen LogP contribution in [0.5, 0.6) is 0 Å². The van der Waals surface area contributed by atoms with Gasteiger partial charge in [0.1, 0.15) is 0 Å². The highest BCUT2D eigenvalue weighted by Gasteiger charge is 2.07. The van der Waals surface area contributed by atoms with Crippen molar-refractivity contribution in [2.75, 3.05) is 11.9 Å². The largest absolute Gasteiger partial charge is 0.384 e. The fourth-order valence-electron chi connectivity index (χ4n) is 3.20. The molecule has 0 spiro atoms. The second kappa shape index (κ2) is 6.71. The van der Waals surface area contributed by atoms with E-state index in [4.69, 9.17) is 0 Å². The normalized spacial score (nSPS) is 11.0. The zero-order valence-electron chi connectivity index (χ0n) is 13.6. The molecule has 118 valence electrons. The van der Waals surface area contributed by atoms with Gasteiger partial charge in [-0.1, -0.05) is 54.6 Å². The highest BCUT2D eigenvalue weighted by Crippen LogP contribution is 2.25. The molecule has 0 bridgehead atoms. The summed E-state index contributed by atoms with van der Waals surface area (Å²) in [7, 11) is 0. The van der Waals surface area contributed by atoms with Crippen LogP contribution in [0, 0.1) is 0 Å². The van der Waals surface area contributed by atoms with Gasteiger partial charge in [-0.25, -0.2) is 4.98 Å². The maximum Gasteiger partial charge on any atom is 0.213 e. The van der Waals surface area contributed by atoms with Gasteiger partial charge in [0.25, 0.3) is 0 Å². The minimum atomic E-state index is 0.973. The van der Waals surface area contributed by atoms with Gasteiger partial charge in [0.05, 0.1) is 11.1 Å². The number of anilines is 1. The fourth-order valence-corrected chi connectivity index (χ4v) is 3.20. The molecular weight excluding hydrogens is 292 g/mol. The molecule has 24 heavy (non-hydrogen) atoms. The minimum Gasteiger partial charge on any atom is -0.384 e. The molecule has 0 saturated carbocycles. The minimum absolute atomic E-state index is 0.973. The van der Waals surface area contributed by atoms with Gasteiger partial charge < -0.3 is 5.32 Å². The van der Waals surface area contributed by atoms with E-state index in [0.29, 0.717) is 0 Å². The lowest BCUT2D eigenvalue weighted by Gasteiger charge is -2.08. The van der Waals surface area contributed by atoms with E-state index in [1.807, 2.05) is 6.20 Å². The van der Waals surface area contributed by atoms with E-state index in [1.165, 1.54) is 32.9 Å². The number of hydrogen-bond acceptors (Lipinski definition) is 1. The summed E-state index contributed by atoms with van der Waals surface area (Å²) in [6.07, 6.45) is 4.24. The predicted octanol–water partition coefficient (Wildman–Crippen LogP) is 4.85. The van der Waals surface area contributed by atoms with Crippen LogP contribution in [-0.2, 0) is 6.42 Å². The molecule has 0 unspecified atom stereocenters. The zero-order valence-corrected chi connectivity index (χ0v) is 13.6. The number of aromatic amines is 1. The van der Waals surface area contributed by atoms with Gasteiger partial charge in [0.15, 0.2) is 6.20 Å². The Kier molecular flexibility index (Phi) is 4.11. The van der Waals surface area contributed by atoms with E-state index >= 15 is 0 Å². The summed E-state index contributed by atoms with van der Waals surface area (Å²) in [5.41, 5.74) is 3.76. The molecule has 0 aliphatic carbocycles. The van der Waals surface area contributed by atoms with Crippen molar-refractivity contribution in [2.45, 2.75) is 12.8 Å². The Hall–Kier alpha value is -2.87. The molecule has 4 aromatic rings. The van der Waals surface area contributed by atoms with Crippen LogP contribution in [0.1, 0.15) is 12.0 Å². The molecule has 0 saturated heterocycles. The first-order valence-electron chi connectivity index (χ1n) is 8.51. The Morgan fingerprint density at radius 2 is 1.54 bits per heavy atom. The first-order chi connectivity index (χ1) is 11.9. The molecule has 0 radical (unpaired) electrons. The van der Waals surface area contributed by atoms with E-state index < -0.39 is 0 Å². The standard InChI is InChI=1S/C22H20N2/c1-2-7-17(8-3-1)9-6-13-23-21-12-14-24-22-16-19-11-5-4-10-18(19)15-20(21)22/h1-5,7-8,10-12,14-16H,6,9,13H2,(H,23,24)/p+1.